The van der Waals surface area contributed by atoms with Gasteiger partial charge in [-0.15, -0.1) is 0 Å². The smallest absolute Gasteiger partial charge is 0.253 e. The summed E-state index contributed by atoms with van der Waals surface area (Å²) in [5.74, 6) is -0.311. The van der Waals surface area contributed by atoms with Gasteiger partial charge in [0.15, 0.2) is 0 Å². The van der Waals surface area contributed by atoms with Crippen molar-refractivity contribution in [1.29, 1.82) is 0 Å². The van der Waals surface area contributed by atoms with Crippen molar-refractivity contribution in [1.82, 2.24) is 19.9 Å². The molecule has 0 aliphatic heterocycles. The van der Waals surface area contributed by atoms with Gasteiger partial charge in [-0.05, 0) is 13.0 Å². The normalized spacial score (nSPS) is 10.2. The lowest BCUT2D eigenvalue weighted by atomic mass is 10.3. The number of pyridine rings is 1. The molecule has 104 valence electrons. The second-order valence-corrected chi connectivity index (χ2v) is 4.26. The summed E-state index contributed by atoms with van der Waals surface area (Å²) in [5, 5.41) is 2.66. The van der Waals surface area contributed by atoms with Crippen molar-refractivity contribution in [2.75, 3.05) is 6.54 Å². The van der Waals surface area contributed by atoms with Crippen LogP contribution >= 0.6 is 0 Å². The fourth-order valence-corrected chi connectivity index (χ4v) is 1.63. The summed E-state index contributed by atoms with van der Waals surface area (Å²) < 4.78 is 1.42. The first-order valence-corrected chi connectivity index (χ1v) is 6.06. The molecule has 2 N–H and O–H groups in total. The van der Waals surface area contributed by atoms with Crippen molar-refractivity contribution in [3.8, 4) is 0 Å². The highest BCUT2D eigenvalue weighted by molar-refractivity contribution is 5.93. The summed E-state index contributed by atoms with van der Waals surface area (Å²) in [7, 11) is 0. The van der Waals surface area contributed by atoms with E-state index in [4.69, 9.17) is 0 Å². The van der Waals surface area contributed by atoms with Crippen molar-refractivity contribution >= 4 is 5.91 Å². The average molecular weight is 274 g/mol. The molecule has 20 heavy (non-hydrogen) atoms. The minimum Gasteiger partial charge on any atom is -0.350 e. The van der Waals surface area contributed by atoms with Crippen LogP contribution in [-0.4, -0.2) is 27.0 Å². The molecular formula is C13H14N4O3. The molecule has 2 heterocycles. The van der Waals surface area contributed by atoms with Crippen LogP contribution in [0.25, 0.3) is 0 Å². The molecule has 7 heteroatoms. The van der Waals surface area contributed by atoms with E-state index in [9.17, 15) is 14.4 Å². The summed E-state index contributed by atoms with van der Waals surface area (Å²) in [6.45, 7) is 2.37. The Labute approximate surface area is 114 Å². The number of aryl methyl sites for hydroxylation is 1. The zero-order chi connectivity index (χ0) is 14.5. The van der Waals surface area contributed by atoms with Crippen LogP contribution < -0.4 is 16.4 Å². The second kappa shape index (κ2) is 5.96. The highest BCUT2D eigenvalue weighted by Crippen LogP contribution is 1.92. The largest absolute Gasteiger partial charge is 0.350 e. The lowest BCUT2D eigenvalue weighted by molar-refractivity contribution is 0.0951. The van der Waals surface area contributed by atoms with Gasteiger partial charge in [-0.3, -0.25) is 19.0 Å². The lowest BCUT2D eigenvalue weighted by Gasteiger charge is -2.07. The van der Waals surface area contributed by atoms with Crippen LogP contribution in [0.2, 0.25) is 0 Å². The Kier molecular flexibility index (Phi) is 4.09. The monoisotopic (exact) mass is 274 g/mol. The van der Waals surface area contributed by atoms with E-state index in [2.05, 4.69) is 15.3 Å². The number of H-pyrrole nitrogens is 1. The van der Waals surface area contributed by atoms with Crippen LogP contribution in [0.1, 0.15) is 16.1 Å². The van der Waals surface area contributed by atoms with Gasteiger partial charge in [0, 0.05) is 37.1 Å². The Balaban J connectivity index is 1.92. The summed E-state index contributed by atoms with van der Waals surface area (Å²) in [6, 6.07) is 4.15. The zero-order valence-corrected chi connectivity index (χ0v) is 10.9. The molecule has 1 amide bonds. The average Bonchev–Trinajstić information content (AvgIpc) is 2.42. The van der Waals surface area contributed by atoms with E-state index in [1.54, 1.807) is 6.92 Å². The first kappa shape index (κ1) is 13.7. The molecule has 0 saturated carbocycles. The predicted molar refractivity (Wildman–Crippen MR) is 72.6 cm³/mol. The van der Waals surface area contributed by atoms with Crippen LogP contribution in [0.5, 0.6) is 0 Å². The van der Waals surface area contributed by atoms with Crippen molar-refractivity contribution in [3.63, 3.8) is 0 Å². The first-order chi connectivity index (χ1) is 9.56. The van der Waals surface area contributed by atoms with Crippen LogP contribution in [0.4, 0.5) is 0 Å². The molecule has 0 bridgehead atoms. The van der Waals surface area contributed by atoms with Crippen molar-refractivity contribution < 1.29 is 4.79 Å². The second-order valence-electron chi connectivity index (χ2n) is 4.26. The van der Waals surface area contributed by atoms with Crippen LogP contribution in [0, 0.1) is 6.92 Å². The van der Waals surface area contributed by atoms with E-state index in [-0.39, 0.29) is 17.0 Å². The molecule has 2 rings (SSSR count). The number of nitrogens with zero attached hydrogens (tertiary/aromatic N) is 2. The highest BCUT2D eigenvalue weighted by atomic mass is 16.2. The molecule has 0 aliphatic carbocycles. The SMILES string of the molecule is Cc1cc(=O)n(CCNC(=O)c2ccc(=O)[nH]c2)cn1. The maximum Gasteiger partial charge on any atom is 0.253 e. The molecule has 0 aromatic carbocycles. The van der Waals surface area contributed by atoms with E-state index >= 15 is 0 Å². The molecule has 2 aromatic heterocycles. The number of amides is 1. The molecule has 0 atom stereocenters. The number of hydrogen-bond donors (Lipinski definition) is 2. The van der Waals surface area contributed by atoms with Gasteiger partial charge in [0.1, 0.15) is 0 Å². The van der Waals surface area contributed by atoms with Crippen molar-refractivity contribution in [3.05, 3.63) is 62.7 Å². The van der Waals surface area contributed by atoms with Crippen LogP contribution in [0.15, 0.2) is 40.3 Å². The molecule has 0 spiro atoms. The number of aromatic amines is 1. The standard InChI is InChI=1S/C13H14N4O3/c1-9-6-12(19)17(8-16-9)5-4-14-13(20)10-2-3-11(18)15-7-10/h2-3,6-8H,4-5H2,1H3,(H,14,20)(H,15,18). The Bertz CT molecular complexity index is 712. The van der Waals surface area contributed by atoms with Gasteiger partial charge in [0.2, 0.25) is 5.56 Å². The number of nitrogens with one attached hydrogen (secondary N) is 2. The fourth-order valence-electron chi connectivity index (χ4n) is 1.63. The molecule has 0 unspecified atom stereocenters. The molecule has 0 radical (unpaired) electrons. The molecule has 0 fully saturated rings. The lowest BCUT2D eigenvalue weighted by Crippen LogP contribution is -2.31. The Morgan fingerprint density at radius 2 is 2.20 bits per heavy atom. The van der Waals surface area contributed by atoms with Gasteiger partial charge in [-0.1, -0.05) is 0 Å². The molecule has 7 nitrogen and oxygen atoms in total. The summed E-state index contributed by atoms with van der Waals surface area (Å²) >= 11 is 0. The van der Waals surface area contributed by atoms with E-state index in [1.165, 1.54) is 35.3 Å². The summed E-state index contributed by atoms with van der Waals surface area (Å²) in [6.07, 6.45) is 2.79. The Hall–Kier alpha value is -2.70. The Morgan fingerprint density at radius 3 is 2.85 bits per heavy atom. The Morgan fingerprint density at radius 1 is 1.40 bits per heavy atom. The molecular weight excluding hydrogens is 260 g/mol. The van der Waals surface area contributed by atoms with Crippen molar-refractivity contribution in [2.45, 2.75) is 13.5 Å². The quantitative estimate of drug-likeness (QED) is 0.797. The van der Waals surface area contributed by atoms with E-state index in [0.717, 1.165) is 0 Å². The minimum atomic E-state index is -0.311. The van der Waals surface area contributed by atoms with Gasteiger partial charge < -0.3 is 10.3 Å². The van der Waals surface area contributed by atoms with Crippen LogP contribution in [0.3, 0.4) is 0 Å². The van der Waals surface area contributed by atoms with Gasteiger partial charge in [0.05, 0.1) is 11.9 Å². The third kappa shape index (κ3) is 3.41. The van der Waals surface area contributed by atoms with Gasteiger partial charge >= 0.3 is 0 Å². The molecule has 0 saturated heterocycles. The van der Waals surface area contributed by atoms with Gasteiger partial charge in [-0.2, -0.15) is 0 Å². The third-order valence-corrected chi connectivity index (χ3v) is 2.70. The number of carbonyl (C=O) groups excluding carboxylic acids is 1. The predicted octanol–water partition coefficient (Wildman–Crippen LogP) is -0.330. The maximum absolute atomic E-state index is 11.7. The van der Waals surface area contributed by atoms with Crippen molar-refractivity contribution in [2.24, 2.45) is 0 Å². The van der Waals surface area contributed by atoms with E-state index < -0.39 is 0 Å². The van der Waals surface area contributed by atoms with E-state index in [0.29, 0.717) is 24.3 Å². The highest BCUT2D eigenvalue weighted by Gasteiger charge is 2.04. The maximum atomic E-state index is 11.7. The molecule has 0 aliphatic rings. The van der Waals surface area contributed by atoms with Crippen LogP contribution in [-0.2, 0) is 6.54 Å². The molecule has 2 aromatic rings. The topological polar surface area (TPSA) is 96.9 Å². The summed E-state index contributed by atoms with van der Waals surface area (Å²) in [5.41, 5.74) is 0.595. The zero-order valence-electron chi connectivity index (χ0n) is 10.9. The number of aromatic nitrogens is 3. The van der Waals surface area contributed by atoms with Gasteiger partial charge in [0.25, 0.3) is 11.5 Å². The first-order valence-electron chi connectivity index (χ1n) is 6.06. The number of hydrogen-bond acceptors (Lipinski definition) is 4. The minimum absolute atomic E-state index is 0.157. The fraction of sp³-hybridized carbons (Fsp3) is 0.231. The number of carbonyl (C=O) groups is 1. The van der Waals surface area contributed by atoms with E-state index in [1.807, 2.05) is 0 Å². The van der Waals surface area contributed by atoms with Gasteiger partial charge in [-0.25, -0.2) is 4.98 Å². The summed E-state index contributed by atoms with van der Waals surface area (Å²) in [4.78, 5) is 40.7. The third-order valence-electron chi connectivity index (χ3n) is 2.70. The number of rotatable bonds is 4.